The predicted molar refractivity (Wildman–Crippen MR) is 139 cm³/mol. The van der Waals surface area contributed by atoms with Gasteiger partial charge in [-0.2, -0.15) is 0 Å². The van der Waals surface area contributed by atoms with E-state index in [9.17, 15) is 14.4 Å². The average molecular weight is 502 g/mol. The Morgan fingerprint density at radius 1 is 1.03 bits per heavy atom. The van der Waals surface area contributed by atoms with Crippen molar-refractivity contribution in [3.8, 4) is 11.5 Å². The number of rotatable bonds is 4. The molecular formula is C29H31N3O5. The fourth-order valence-corrected chi connectivity index (χ4v) is 5.84. The van der Waals surface area contributed by atoms with E-state index in [1.165, 1.54) is 0 Å². The van der Waals surface area contributed by atoms with Crippen LogP contribution in [0.4, 0.5) is 5.69 Å². The van der Waals surface area contributed by atoms with Crippen LogP contribution in [0.2, 0.25) is 0 Å². The smallest absolute Gasteiger partial charge is 0.300 e. The third-order valence-corrected chi connectivity index (χ3v) is 7.76. The van der Waals surface area contributed by atoms with Crippen LogP contribution in [-0.4, -0.2) is 78.4 Å². The Kier molecular flexibility index (Phi) is 5.60. The van der Waals surface area contributed by atoms with E-state index < -0.39 is 23.3 Å². The third kappa shape index (κ3) is 3.91. The van der Waals surface area contributed by atoms with E-state index in [4.69, 9.17) is 9.47 Å². The molecule has 1 fully saturated rings. The van der Waals surface area contributed by atoms with Gasteiger partial charge in [0.05, 0.1) is 16.8 Å². The summed E-state index contributed by atoms with van der Waals surface area (Å²) in [5.41, 5.74) is 3.81. The zero-order valence-corrected chi connectivity index (χ0v) is 21.5. The van der Waals surface area contributed by atoms with E-state index >= 15 is 0 Å². The second-order valence-electron chi connectivity index (χ2n) is 10.7. The number of carbonyl (C=O) groups is 3. The Labute approximate surface area is 216 Å². The van der Waals surface area contributed by atoms with Gasteiger partial charge in [0.1, 0.15) is 6.61 Å². The van der Waals surface area contributed by atoms with Crippen LogP contribution in [0.5, 0.6) is 11.5 Å². The molecule has 6 rings (SSSR count). The van der Waals surface area contributed by atoms with E-state index in [1.807, 2.05) is 49.1 Å². The molecule has 2 amide bonds. The fourth-order valence-electron chi connectivity index (χ4n) is 5.84. The molecule has 0 saturated carbocycles. The van der Waals surface area contributed by atoms with E-state index in [0.717, 1.165) is 41.9 Å². The van der Waals surface area contributed by atoms with Gasteiger partial charge in [0.15, 0.2) is 11.5 Å². The van der Waals surface area contributed by atoms with Crippen molar-refractivity contribution >= 4 is 28.9 Å². The minimum atomic E-state index is -0.635. The number of anilines is 1. The average Bonchev–Trinajstić information content (AvgIpc) is 3.17. The zero-order valence-electron chi connectivity index (χ0n) is 21.5. The normalized spacial score (nSPS) is 22.1. The molecular weight excluding hydrogens is 470 g/mol. The number of para-hydroxylation sites is 2. The molecule has 0 bridgehead atoms. The van der Waals surface area contributed by atoms with Gasteiger partial charge in [-0.15, -0.1) is 0 Å². The molecule has 2 aromatic rings. The summed E-state index contributed by atoms with van der Waals surface area (Å²) in [6.45, 7) is 9.58. The van der Waals surface area contributed by atoms with E-state index in [1.54, 1.807) is 4.90 Å². The van der Waals surface area contributed by atoms with Crippen LogP contribution in [-0.2, 0) is 16.0 Å². The molecule has 0 unspecified atom stereocenters. The lowest BCUT2D eigenvalue weighted by Crippen LogP contribution is -2.54. The third-order valence-electron chi connectivity index (χ3n) is 7.76. The van der Waals surface area contributed by atoms with Gasteiger partial charge in [0, 0.05) is 38.3 Å². The van der Waals surface area contributed by atoms with Crippen LogP contribution < -0.4 is 14.4 Å². The van der Waals surface area contributed by atoms with Crippen molar-refractivity contribution in [1.29, 1.82) is 0 Å². The van der Waals surface area contributed by atoms with Gasteiger partial charge in [-0.3, -0.25) is 24.2 Å². The summed E-state index contributed by atoms with van der Waals surface area (Å²) in [4.78, 5) is 44.7. The van der Waals surface area contributed by atoms with E-state index in [0.29, 0.717) is 36.7 Å². The number of nitrogens with zero attached hydrogens (tertiary/aromatic N) is 3. The van der Waals surface area contributed by atoms with Crippen molar-refractivity contribution in [2.45, 2.75) is 38.8 Å². The first-order valence-corrected chi connectivity index (χ1v) is 12.9. The second kappa shape index (κ2) is 8.73. The maximum atomic E-state index is 13.1. The predicted octanol–water partition coefficient (Wildman–Crippen LogP) is 2.94. The van der Waals surface area contributed by atoms with Crippen molar-refractivity contribution in [2.24, 2.45) is 0 Å². The maximum Gasteiger partial charge on any atom is 0.300 e. The Hall–Kier alpha value is -3.65. The Morgan fingerprint density at radius 3 is 2.46 bits per heavy atom. The van der Waals surface area contributed by atoms with Crippen molar-refractivity contribution in [3.05, 3.63) is 59.2 Å². The van der Waals surface area contributed by atoms with Gasteiger partial charge < -0.3 is 14.4 Å². The number of ether oxygens (including phenoxy) is 2. The molecule has 8 nitrogen and oxygen atoms in total. The highest BCUT2D eigenvalue weighted by atomic mass is 16.6. The van der Waals surface area contributed by atoms with Crippen LogP contribution in [0.15, 0.2) is 42.5 Å². The summed E-state index contributed by atoms with van der Waals surface area (Å²) in [6.07, 6.45) is 2.28. The minimum absolute atomic E-state index is 0.0479. The van der Waals surface area contributed by atoms with Gasteiger partial charge in [0.2, 0.25) is 6.10 Å². The van der Waals surface area contributed by atoms with Crippen LogP contribution in [0.3, 0.4) is 0 Å². The molecule has 1 saturated heterocycles. The minimum Gasteiger partial charge on any atom is -0.485 e. The lowest BCUT2D eigenvalue weighted by atomic mass is 9.86. The molecule has 4 aliphatic rings. The van der Waals surface area contributed by atoms with E-state index in [2.05, 4.69) is 24.0 Å². The van der Waals surface area contributed by atoms with Gasteiger partial charge in [-0.1, -0.05) is 25.1 Å². The van der Waals surface area contributed by atoms with Gasteiger partial charge in [-0.25, -0.2) is 0 Å². The standard InChI is InChI=1S/C29H31N3O5/c1-4-18-13-20-19(15-29(2,3)32-25(20)21(14-18)26(33)28(32)35)16-30-9-11-31(12-10-30)27(34)24-17-36-22-7-5-6-8-23(22)37-24/h5-8,13-15,24H,4,9-12,16-17H2,1-3H3/t24-/m1/s1. The Morgan fingerprint density at radius 2 is 1.73 bits per heavy atom. The first kappa shape index (κ1) is 23.7. The van der Waals surface area contributed by atoms with Crippen LogP contribution in [0.25, 0.3) is 5.57 Å². The van der Waals surface area contributed by atoms with E-state index in [-0.39, 0.29) is 12.5 Å². The summed E-state index contributed by atoms with van der Waals surface area (Å²) < 4.78 is 11.7. The first-order chi connectivity index (χ1) is 17.8. The number of hydrogen-bond donors (Lipinski definition) is 0. The maximum absolute atomic E-state index is 13.1. The van der Waals surface area contributed by atoms with Crippen molar-refractivity contribution in [1.82, 2.24) is 9.80 Å². The number of aryl methyl sites for hydroxylation is 1. The number of amides is 2. The number of piperazine rings is 1. The fraction of sp³-hybridized carbons (Fsp3) is 0.414. The number of carbonyl (C=O) groups excluding carboxylic acids is 3. The van der Waals surface area contributed by atoms with Crippen molar-refractivity contribution in [3.63, 3.8) is 0 Å². The summed E-state index contributed by atoms with van der Waals surface area (Å²) in [7, 11) is 0. The SMILES string of the molecule is CCc1cc2c3c(c1)C(CN1CCN(C(=O)[C@H]4COc5ccccc5O4)CC1)=CC(C)(C)N3C(=O)C2=O. The number of ketones is 1. The lowest BCUT2D eigenvalue weighted by Gasteiger charge is -2.41. The molecule has 1 atom stereocenters. The molecule has 0 radical (unpaired) electrons. The largest absolute Gasteiger partial charge is 0.485 e. The van der Waals surface area contributed by atoms with Crippen LogP contribution in [0, 0.1) is 0 Å². The molecule has 37 heavy (non-hydrogen) atoms. The molecule has 0 aromatic heterocycles. The second-order valence-corrected chi connectivity index (χ2v) is 10.7. The van der Waals surface area contributed by atoms with Crippen molar-refractivity contribution < 1.29 is 23.9 Å². The molecule has 4 aliphatic heterocycles. The quantitative estimate of drug-likeness (QED) is 0.600. The number of Topliss-reactive ketones (excluding diaryl/α,β-unsaturated/α-hetero) is 1. The number of fused-ring (bicyclic) bond motifs is 1. The molecule has 192 valence electrons. The summed E-state index contributed by atoms with van der Waals surface area (Å²) in [6, 6.07) is 11.4. The molecule has 8 heteroatoms. The molecule has 0 spiro atoms. The highest BCUT2D eigenvalue weighted by molar-refractivity contribution is 6.53. The number of hydrogen-bond acceptors (Lipinski definition) is 6. The zero-order chi connectivity index (χ0) is 25.9. The first-order valence-electron chi connectivity index (χ1n) is 12.9. The topological polar surface area (TPSA) is 79.4 Å². The molecule has 0 aliphatic carbocycles. The highest BCUT2D eigenvalue weighted by Crippen LogP contribution is 2.46. The van der Waals surface area contributed by atoms with Crippen molar-refractivity contribution in [2.75, 3.05) is 44.2 Å². The molecule has 2 aromatic carbocycles. The lowest BCUT2D eigenvalue weighted by molar-refractivity contribution is -0.142. The summed E-state index contributed by atoms with van der Waals surface area (Å²) in [5, 5.41) is 0. The molecule has 0 N–H and O–H groups in total. The highest BCUT2D eigenvalue weighted by Gasteiger charge is 2.47. The van der Waals surface area contributed by atoms with Crippen LogP contribution >= 0.6 is 0 Å². The summed E-state index contributed by atoms with van der Waals surface area (Å²) >= 11 is 0. The van der Waals surface area contributed by atoms with Crippen LogP contribution in [0.1, 0.15) is 42.3 Å². The van der Waals surface area contributed by atoms with Gasteiger partial charge in [-0.05, 0) is 55.7 Å². The Balaban J connectivity index is 1.17. The monoisotopic (exact) mass is 501 g/mol. The number of benzene rings is 2. The Bertz CT molecular complexity index is 1340. The summed E-state index contributed by atoms with van der Waals surface area (Å²) in [5.74, 6) is 0.353. The van der Waals surface area contributed by atoms with Gasteiger partial charge >= 0.3 is 0 Å². The van der Waals surface area contributed by atoms with Gasteiger partial charge in [0.25, 0.3) is 17.6 Å². The molecule has 4 heterocycles.